The van der Waals surface area contributed by atoms with Gasteiger partial charge in [0.2, 0.25) is 6.54 Å². The third-order valence-corrected chi connectivity index (χ3v) is 6.36. The molecule has 21 heavy (non-hydrogen) atoms. The Morgan fingerprint density at radius 3 is 2.52 bits per heavy atom. The molecule has 3 rings (SSSR count). The van der Waals surface area contributed by atoms with Crippen LogP contribution in [0, 0.1) is 23.7 Å². The summed E-state index contributed by atoms with van der Waals surface area (Å²) in [6.07, 6.45) is 7.45. The molecule has 0 amide bonds. The molecule has 114 valence electrons. The molecule has 2 bridgehead atoms. The van der Waals surface area contributed by atoms with Gasteiger partial charge in [0.25, 0.3) is 0 Å². The van der Waals surface area contributed by atoms with Gasteiger partial charge in [-0.1, -0.05) is 20.8 Å². The van der Waals surface area contributed by atoms with E-state index < -0.39 is 0 Å². The Morgan fingerprint density at radius 2 is 2.00 bits per heavy atom. The van der Waals surface area contributed by atoms with Crippen LogP contribution in [0.3, 0.4) is 0 Å². The first kappa shape index (κ1) is 14.6. The number of aromatic nitrogens is 1. The first-order valence-corrected chi connectivity index (χ1v) is 7.98. The smallest absolute Gasteiger partial charge is 0.372 e. The van der Waals surface area contributed by atoms with Crippen LogP contribution in [-0.4, -0.2) is 12.1 Å². The van der Waals surface area contributed by atoms with Crippen LogP contribution >= 0.6 is 0 Å². The molecular formula is C18H26NO2+. The Hall–Kier alpha value is -1.38. The summed E-state index contributed by atoms with van der Waals surface area (Å²) in [5.41, 5.74) is 1.63. The Bertz CT molecular complexity index is 549. The van der Waals surface area contributed by atoms with Crippen molar-refractivity contribution in [3.05, 3.63) is 30.1 Å². The molecule has 2 fully saturated rings. The standard InChI is InChI=1S/C18H26NO2/c1-13-6-9-19(10-7-13)12-16(20)21-15-11-14-5-8-18(15,4)17(14,2)3/h6-7,9-10,14-15H,5,8,11-12H2,1-4H3/q+1/t14-,15-,18-/m0/s1. The Labute approximate surface area is 127 Å². The topological polar surface area (TPSA) is 30.2 Å². The molecule has 0 saturated heterocycles. The largest absolute Gasteiger partial charge is 0.457 e. The molecule has 2 saturated carbocycles. The van der Waals surface area contributed by atoms with Crippen molar-refractivity contribution in [2.75, 3.05) is 0 Å². The molecule has 3 heteroatoms. The number of rotatable bonds is 3. The van der Waals surface area contributed by atoms with Gasteiger partial charge in [-0.15, -0.1) is 0 Å². The van der Waals surface area contributed by atoms with E-state index in [1.807, 2.05) is 36.0 Å². The zero-order valence-corrected chi connectivity index (χ0v) is 13.6. The molecule has 3 atom stereocenters. The number of hydrogen-bond acceptors (Lipinski definition) is 2. The van der Waals surface area contributed by atoms with E-state index in [-0.39, 0.29) is 22.9 Å². The molecule has 1 aromatic rings. The minimum absolute atomic E-state index is 0.0878. The number of esters is 1. The highest BCUT2D eigenvalue weighted by atomic mass is 16.5. The SMILES string of the molecule is Cc1cc[n+](CC(=O)O[C@H]2C[C@@H]3CC[C@]2(C)C3(C)C)cc1. The van der Waals surface area contributed by atoms with Crippen molar-refractivity contribution in [2.24, 2.45) is 16.7 Å². The zero-order valence-electron chi connectivity index (χ0n) is 13.6. The quantitative estimate of drug-likeness (QED) is 0.632. The average Bonchev–Trinajstić information content (AvgIpc) is 2.74. The van der Waals surface area contributed by atoms with Gasteiger partial charge in [-0.2, -0.15) is 4.57 Å². The maximum absolute atomic E-state index is 12.2. The fraction of sp³-hybridized carbons (Fsp3) is 0.667. The first-order valence-electron chi connectivity index (χ1n) is 7.98. The number of fused-ring (bicyclic) bond motifs is 2. The lowest BCUT2D eigenvalue weighted by molar-refractivity contribution is -0.686. The maximum atomic E-state index is 12.2. The van der Waals surface area contributed by atoms with E-state index in [0.717, 1.165) is 6.42 Å². The molecule has 0 N–H and O–H groups in total. The van der Waals surface area contributed by atoms with Crippen molar-refractivity contribution >= 4 is 5.97 Å². The van der Waals surface area contributed by atoms with Crippen LogP contribution in [0.25, 0.3) is 0 Å². The van der Waals surface area contributed by atoms with Gasteiger partial charge in [0.05, 0.1) is 0 Å². The Kier molecular flexibility index (Phi) is 3.34. The second kappa shape index (κ2) is 4.82. The van der Waals surface area contributed by atoms with Crippen molar-refractivity contribution in [1.29, 1.82) is 0 Å². The number of aryl methyl sites for hydroxylation is 1. The highest BCUT2D eigenvalue weighted by Gasteiger charge is 2.62. The molecular weight excluding hydrogens is 262 g/mol. The number of carbonyl (C=O) groups excluding carboxylic acids is 1. The zero-order chi connectivity index (χ0) is 15.3. The van der Waals surface area contributed by atoms with E-state index in [1.165, 1.54) is 18.4 Å². The second-order valence-corrected chi connectivity index (χ2v) is 7.64. The summed E-state index contributed by atoms with van der Waals surface area (Å²) in [7, 11) is 0. The predicted molar refractivity (Wildman–Crippen MR) is 80.5 cm³/mol. The predicted octanol–water partition coefficient (Wildman–Crippen LogP) is 3.04. The molecule has 0 aliphatic heterocycles. The highest BCUT2D eigenvalue weighted by molar-refractivity contribution is 5.68. The molecule has 2 aliphatic carbocycles. The summed E-state index contributed by atoms with van der Waals surface area (Å²) in [5, 5.41) is 0. The fourth-order valence-corrected chi connectivity index (χ4v) is 4.29. The summed E-state index contributed by atoms with van der Waals surface area (Å²) >= 11 is 0. The van der Waals surface area contributed by atoms with Gasteiger partial charge in [0.1, 0.15) is 6.10 Å². The Balaban J connectivity index is 1.65. The van der Waals surface area contributed by atoms with Crippen LogP contribution in [0.5, 0.6) is 0 Å². The van der Waals surface area contributed by atoms with Gasteiger partial charge in [0, 0.05) is 17.5 Å². The van der Waals surface area contributed by atoms with Crippen molar-refractivity contribution in [1.82, 2.24) is 0 Å². The van der Waals surface area contributed by atoms with Gasteiger partial charge in [-0.3, -0.25) is 0 Å². The molecule has 0 radical (unpaired) electrons. The minimum Gasteiger partial charge on any atom is -0.457 e. The summed E-state index contributed by atoms with van der Waals surface area (Å²) in [6.45, 7) is 9.33. The molecule has 3 nitrogen and oxygen atoms in total. The summed E-state index contributed by atoms with van der Waals surface area (Å²) in [6, 6.07) is 4.02. The van der Waals surface area contributed by atoms with Gasteiger partial charge in [0.15, 0.2) is 12.4 Å². The van der Waals surface area contributed by atoms with E-state index >= 15 is 0 Å². The fourth-order valence-electron chi connectivity index (χ4n) is 4.29. The summed E-state index contributed by atoms with van der Waals surface area (Å²) in [5.74, 6) is 0.589. The first-order chi connectivity index (χ1) is 9.83. The number of hydrogen-bond donors (Lipinski definition) is 0. The van der Waals surface area contributed by atoms with Crippen molar-refractivity contribution in [2.45, 2.75) is 59.6 Å². The monoisotopic (exact) mass is 288 g/mol. The summed E-state index contributed by atoms with van der Waals surface area (Å²) in [4.78, 5) is 12.2. The van der Waals surface area contributed by atoms with Gasteiger partial charge < -0.3 is 4.74 Å². The van der Waals surface area contributed by atoms with Crippen LogP contribution in [0.15, 0.2) is 24.5 Å². The lowest BCUT2D eigenvalue weighted by Crippen LogP contribution is -2.43. The van der Waals surface area contributed by atoms with Crippen molar-refractivity contribution in [3.8, 4) is 0 Å². The van der Waals surface area contributed by atoms with Crippen LogP contribution in [0.1, 0.15) is 45.6 Å². The minimum atomic E-state index is -0.113. The van der Waals surface area contributed by atoms with Crippen LogP contribution in [-0.2, 0) is 16.1 Å². The van der Waals surface area contributed by atoms with E-state index in [2.05, 4.69) is 20.8 Å². The molecule has 0 unspecified atom stereocenters. The van der Waals surface area contributed by atoms with Crippen LogP contribution in [0.4, 0.5) is 0 Å². The third kappa shape index (κ3) is 2.27. The molecule has 1 heterocycles. The number of nitrogens with zero attached hydrogens (tertiary/aromatic N) is 1. The van der Waals surface area contributed by atoms with E-state index in [1.54, 1.807) is 0 Å². The van der Waals surface area contributed by atoms with E-state index in [0.29, 0.717) is 12.5 Å². The van der Waals surface area contributed by atoms with Gasteiger partial charge >= 0.3 is 5.97 Å². The molecule has 1 aromatic heterocycles. The van der Waals surface area contributed by atoms with Crippen LogP contribution in [0.2, 0.25) is 0 Å². The third-order valence-electron chi connectivity index (χ3n) is 6.36. The summed E-state index contributed by atoms with van der Waals surface area (Å²) < 4.78 is 7.74. The van der Waals surface area contributed by atoms with E-state index in [9.17, 15) is 4.79 Å². The maximum Gasteiger partial charge on any atom is 0.372 e. The van der Waals surface area contributed by atoms with E-state index in [4.69, 9.17) is 4.74 Å². The normalized spacial score (nSPS) is 33.1. The van der Waals surface area contributed by atoms with Crippen molar-refractivity contribution < 1.29 is 14.1 Å². The van der Waals surface area contributed by atoms with Gasteiger partial charge in [-0.25, -0.2) is 4.79 Å². The van der Waals surface area contributed by atoms with Crippen LogP contribution < -0.4 is 4.57 Å². The van der Waals surface area contributed by atoms with Gasteiger partial charge in [-0.05, 0) is 43.1 Å². The molecule has 0 aromatic carbocycles. The molecule has 0 spiro atoms. The second-order valence-electron chi connectivity index (χ2n) is 7.64. The highest BCUT2D eigenvalue weighted by Crippen LogP contribution is 2.66. The lowest BCUT2D eigenvalue weighted by atomic mass is 9.70. The number of ether oxygens (including phenoxy) is 1. The average molecular weight is 288 g/mol. The molecule has 2 aliphatic rings. The Morgan fingerprint density at radius 1 is 1.33 bits per heavy atom. The number of pyridine rings is 1. The van der Waals surface area contributed by atoms with Crippen molar-refractivity contribution in [3.63, 3.8) is 0 Å². The number of carbonyl (C=O) groups is 1. The lowest BCUT2D eigenvalue weighted by Gasteiger charge is -2.38.